The first-order valence-electron chi connectivity index (χ1n) is 12.3. The number of aromatic nitrogens is 2. The number of hydrogen-bond donors (Lipinski definition) is 3. The van der Waals surface area contributed by atoms with Gasteiger partial charge in [0.15, 0.2) is 0 Å². The van der Waals surface area contributed by atoms with Crippen LogP contribution >= 0.6 is 0 Å². The molecule has 1 unspecified atom stereocenters. The number of pyridine rings is 1. The summed E-state index contributed by atoms with van der Waals surface area (Å²) in [6, 6.07) is 12.4. The third-order valence-electron chi connectivity index (χ3n) is 6.15. The number of aryl methyl sites for hydroxylation is 3. The number of oxazole rings is 1. The van der Waals surface area contributed by atoms with Gasteiger partial charge in [0.05, 0.1) is 12.2 Å². The summed E-state index contributed by atoms with van der Waals surface area (Å²) in [5.74, 6) is -0.936. The summed E-state index contributed by atoms with van der Waals surface area (Å²) < 4.78 is 19.4. The molecule has 1 amide bonds. The number of aliphatic carboxylic acids is 1. The number of carboxylic acid groups (broad SMARTS) is 1. The van der Waals surface area contributed by atoms with Crippen molar-refractivity contribution in [3.05, 3.63) is 100 Å². The molecular weight excluding hydrogens is 487 g/mol. The minimum atomic E-state index is -1.16. The molecular formula is C29H29FN4O4. The van der Waals surface area contributed by atoms with Crippen LogP contribution in [-0.4, -0.2) is 33.0 Å². The molecule has 196 valence electrons. The fraction of sp³-hybridized carbons (Fsp3) is 0.241. The number of benzene rings is 2. The van der Waals surface area contributed by atoms with E-state index in [1.54, 1.807) is 43.6 Å². The number of nitrogens with one attached hydrogen (secondary N) is 2. The zero-order valence-corrected chi connectivity index (χ0v) is 21.4. The lowest BCUT2D eigenvalue weighted by molar-refractivity contribution is -0.139. The molecule has 8 nitrogen and oxygen atoms in total. The smallest absolute Gasteiger partial charge is 0.326 e. The molecule has 0 fully saturated rings. The van der Waals surface area contributed by atoms with Crippen molar-refractivity contribution in [1.29, 1.82) is 0 Å². The van der Waals surface area contributed by atoms with Gasteiger partial charge in [0.25, 0.3) is 5.91 Å². The summed E-state index contributed by atoms with van der Waals surface area (Å²) in [5, 5.41) is 15.5. The lowest BCUT2D eigenvalue weighted by atomic mass is 9.98. The average molecular weight is 517 g/mol. The van der Waals surface area contributed by atoms with Gasteiger partial charge in [-0.05, 0) is 78.9 Å². The second kappa shape index (κ2) is 11.7. The van der Waals surface area contributed by atoms with Crippen LogP contribution in [0.1, 0.15) is 45.2 Å². The molecule has 4 aromatic rings. The van der Waals surface area contributed by atoms with Crippen LogP contribution < -0.4 is 10.6 Å². The number of halogens is 1. The molecule has 1 atom stereocenters. The number of carbonyl (C=O) groups is 2. The van der Waals surface area contributed by atoms with Crippen LogP contribution in [0.3, 0.4) is 0 Å². The Hall–Kier alpha value is -4.53. The quantitative estimate of drug-likeness (QED) is 0.269. The summed E-state index contributed by atoms with van der Waals surface area (Å²) in [7, 11) is 0. The monoisotopic (exact) mass is 516 g/mol. The van der Waals surface area contributed by atoms with Gasteiger partial charge in [-0.3, -0.25) is 4.79 Å². The molecule has 0 aliphatic heterocycles. The number of amides is 1. The minimum Gasteiger partial charge on any atom is -0.480 e. The largest absolute Gasteiger partial charge is 0.480 e. The third kappa shape index (κ3) is 6.42. The van der Waals surface area contributed by atoms with Crippen molar-refractivity contribution in [3.8, 4) is 11.5 Å². The van der Waals surface area contributed by atoms with Crippen LogP contribution in [0.5, 0.6) is 0 Å². The van der Waals surface area contributed by atoms with Gasteiger partial charge in [-0.25, -0.2) is 19.2 Å². The van der Waals surface area contributed by atoms with Gasteiger partial charge in [-0.2, -0.15) is 0 Å². The van der Waals surface area contributed by atoms with E-state index in [4.69, 9.17) is 4.42 Å². The van der Waals surface area contributed by atoms with Crippen molar-refractivity contribution >= 4 is 17.7 Å². The zero-order chi connectivity index (χ0) is 27.2. The van der Waals surface area contributed by atoms with Crippen molar-refractivity contribution in [1.82, 2.24) is 15.3 Å². The van der Waals surface area contributed by atoms with E-state index >= 15 is 0 Å². The summed E-state index contributed by atoms with van der Waals surface area (Å²) >= 11 is 0. The van der Waals surface area contributed by atoms with Crippen LogP contribution in [0.15, 0.2) is 65.4 Å². The number of carbonyl (C=O) groups excluding carboxylic acids is 1. The Labute approximate surface area is 220 Å². The lowest BCUT2D eigenvalue weighted by Gasteiger charge is -2.17. The van der Waals surface area contributed by atoms with Gasteiger partial charge in [-0.1, -0.05) is 19.1 Å². The maximum atomic E-state index is 13.8. The molecule has 2 aromatic heterocycles. The van der Waals surface area contributed by atoms with E-state index in [1.807, 2.05) is 26.0 Å². The van der Waals surface area contributed by atoms with Gasteiger partial charge in [0.1, 0.15) is 23.9 Å². The molecule has 0 saturated carbocycles. The van der Waals surface area contributed by atoms with E-state index in [-0.39, 0.29) is 6.42 Å². The second-order valence-corrected chi connectivity index (χ2v) is 9.09. The molecule has 0 spiro atoms. The Morgan fingerprint density at radius 2 is 1.87 bits per heavy atom. The number of nitrogens with zero attached hydrogens (tertiary/aromatic N) is 2. The fourth-order valence-corrected chi connectivity index (χ4v) is 4.20. The van der Waals surface area contributed by atoms with Crippen molar-refractivity contribution in [2.45, 2.75) is 46.2 Å². The number of hydrogen-bond acceptors (Lipinski definition) is 6. The maximum Gasteiger partial charge on any atom is 0.326 e. The first-order valence-corrected chi connectivity index (χ1v) is 12.3. The van der Waals surface area contributed by atoms with Crippen LogP contribution in [-0.2, 0) is 24.2 Å². The Balaban J connectivity index is 1.41. The highest BCUT2D eigenvalue weighted by molar-refractivity contribution is 5.99. The first-order chi connectivity index (χ1) is 18.2. The molecule has 38 heavy (non-hydrogen) atoms. The standard InChI is InChI=1S/C29H29FN4O4/c1-4-20-14-22(30)12-18(3)26(20)27(35)34-24(29(36)37)13-19-5-7-21(8-6-19)28-33-23(16-38-28)15-32-25-11-17(2)9-10-31-25/h5-12,14,16,24H,4,13,15H2,1-3H3,(H,31,32)(H,34,35)(H,36,37). The molecule has 2 heterocycles. The number of anilines is 1. The Kier molecular flexibility index (Phi) is 8.15. The first kappa shape index (κ1) is 26.5. The summed E-state index contributed by atoms with van der Waals surface area (Å²) in [6.45, 7) is 5.89. The molecule has 3 N–H and O–H groups in total. The van der Waals surface area contributed by atoms with E-state index in [1.165, 1.54) is 12.1 Å². The normalized spacial score (nSPS) is 11.7. The van der Waals surface area contributed by atoms with E-state index in [0.29, 0.717) is 46.8 Å². The highest BCUT2D eigenvalue weighted by Gasteiger charge is 2.24. The summed E-state index contributed by atoms with van der Waals surface area (Å²) in [5.41, 5.74) is 4.56. The molecule has 4 rings (SSSR count). The molecule has 0 aliphatic carbocycles. The predicted octanol–water partition coefficient (Wildman–Crippen LogP) is 5.09. The van der Waals surface area contributed by atoms with Gasteiger partial charge in [0, 0.05) is 23.7 Å². The Morgan fingerprint density at radius 1 is 1.11 bits per heavy atom. The van der Waals surface area contributed by atoms with E-state index in [0.717, 1.165) is 16.9 Å². The van der Waals surface area contributed by atoms with Crippen molar-refractivity contribution < 1.29 is 23.5 Å². The highest BCUT2D eigenvalue weighted by Crippen LogP contribution is 2.21. The van der Waals surface area contributed by atoms with E-state index in [2.05, 4.69) is 20.6 Å². The summed E-state index contributed by atoms with van der Waals surface area (Å²) in [4.78, 5) is 33.6. The van der Waals surface area contributed by atoms with Crippen molar-refractivity contribution in [2.24, 2.45) is 0 Å². The molecule has 0 saturated heterocycles. The fourth-order valence-electron chi connectivity index (χ4n) is 4.20. The van der Waals surface area contributed by atoms with Crippen molar-refractivity contribution in [2.75, 3.05) is 5.32 Å². The van der Waals surface area contributed by atoms with Gasteiger partial charge in [0.2, 0.25) is 5.89 Å². The summed E-state index contributed by atoms with van der Waals surface area (Å²) in [6.07, 6.45) is 3.83. The molecule has 9 heteroatoms. The Morgan fingerprint density at radius 3 is 2.55 bits per heavy atom. The third-order valence-corrected chi connectivity index (χ3v) is 6.15. The minimum absolute atomic E-state index is 0.0767. The second-order valence-electron chi connectivity index (χ2n) is 9.09. The van der Waals surface area contributed by atoms with E-state index < -0.39 is 23.7 Å². The SMILES string of the molecule is CCc1cc(F)cc(C)c1C(=O)NC(Cc1ccc(-c2nc(CNc3cc(C)ccn3)co2)cc1)C(=O)O. The molecule has 0 bridgehead atoms. The predicted molar refractivity (Wildman–Crippen MR) is 141 cm³/mol. The highest BCUT2D eigenvalue weighted by atomic mass is 19.1. The molecule has 2 aromatic carbocycles. The molecule has 0 radical (unpaired) electrons. The average Bonchev–Trinajstić information content (AvgIpc) is 3.36. The lowest BCUT2D eigenvalue weighted by Crippen LogP contribution is -2.42. The zero-order valence-electron chi connectivity index (χ0n) is 21.4. The topological polar surface area (TPSA) is 117 Å². The van der Waals surface area contributed by atoms with E-state index in [9.17, 15) is 19.1 Å². The maximum absolute atomic E-state index is 13.8. The van der Waals surface area contributed by atoms with Crippen LogP contribution in [0.4, 0.5) is 10.2 Å². The van der Waals surface area contributed by atoms with Gasteiger partial charge in [-0.15, -0.1) is 0 Å². The number of rotatable bonds is 10. The van der Waals surface area contributed by atoms with Crippen LogP contribution in [0, 0.1) is 19.7 Å². The van der Waals surface area contributed by atoms with Crippen LogP contribution in [0.25, 0.3) is 11.5 Å². The van der Waals surface area contributed by atoms with Gasteiger partial charge >= 0.3 is 5.97 Å². The van der Waals surface area contributed by atoms with Crippen molar-refractivity contribution in [3.63, 3.8) is 0 Å². The van der Waals surface area contributed by atoms with Crippen LogP contribution in [0.2, 0.25) is 0 Å². The Bertz CT molecular complexity index is 1450. The van der Waals surface area contributed by atoms with Gasteiger partial charge < -0.3 is 20.2 Å². The number of carboxylic acids is 1. The molecule has 0 aliphatic rings.